The Labute approximate surface area is 75.6 Å². The van der Waals surface area contributed by atoms with Crippen LogP contribution < -0.4 is 0 Å². The summed E-state index contributed by atoms with van der Waals surface area (Å²) < 4.78 is 0. The number of rotatable bonds is 6. The Balaban J connectivity index is 3.66. The van der Waals surface area contributed by atoms with Crippen molar-refractivity contribution in [2.75, 3.05) is 6.61 Å². The molecule has 2 atom stereocenters. The fourth-order valence-electron chi connectivity index (χ4n) is 1.46. The highest BCUT2D eigenvalue weighted by Crippen LogP contribution is 2.17. The summed E-state index contributed by atoms with van der Waals surface area (Å²) in [7, 11) is 0. The zero-order valence-electron chi connectivity index (χ0n) is 8.45. The SMILES string of the molecule is CCC(O)CC(CO)CC(C)C. The molecule has 0 aliphatic rings. The van der Waals surface area contributed by atoms with Crippen molar-refractivity contribution in [3.05, 3.63) is 0 Å². The van der Waals surface area contributed by atoms with Gasteiger partial charge in [0, 0.05) is 6.61 Å². The molecule has 2 unspecified atom stereocenters. The molecule has 0 saturated heterocycles. The summed E-state index contributed by atoms with van der Waals surface area (Å²) in [6.07, 6.45) is 2.30. The second-order valence-corrected chi connectivity index (χ2v) is 3.98. The molecule has 0 aliphatic carbocycles. The Bertz CT molecular complexity index is 102. The molecule has 0 saturated carbocycles. The Hall–Kier alpha value is -0.0800. The molecule has 74 valence electrons. The van der Waals surface area contributed by atoms with Crippen LogP contribution in [0.4, 0.5) is 0 Å². The number of hydrogen-bond acceptors (Lipinski definition) is 2. The molecule has 0 aromatic carbocycles. The predicted octanol–water partition coefficient (Wildman–Crippen LogP) is 1.80. The van der Waals surface area contributed by atoms with Gasteiger partial charge >= 0.3 is 0 Å². The van der Waals surface area contributed by atoms with Gasteiger partial charge in [0.15, 0.2) is 0 Å². The molecular weight excluding hydrogens is 152 g/mol. The lowest BCUT2D eigenvalue weighted by Gasteiger charge is -2.18. The third-order valence-electron chi connectivity index (χ3n) is 2.14. The van der Waals surface area contributed by atoms with Gasteiger partial charge in [0.25, 0.3) is 0 Å². The summed E-state index contributed by atoms with van der Waals surface area (Å²) in [6, 6.07) is 0. The van der Waals surface area contributed by atoms with Gasteiger partial charge in [-0.05, 0) is 31.1 Å². The second kappa shape index (κ2) is 6.44. The lowest BCUT2D eigenvalue weighted by molar-refractivity contribution is 0.104. The standard InChI is InChI=1S/C10H22O2/c1-4-10(12)6-9(7-11)5-8(2)3/h8-12H,4-7H2,1-3H3. The molecule has 0 aromatic rings. The quantitative estimate of drug-likeness (QED) is 0.644. The van der Waals surface area contributed by atoms with Crippen LogP contribution in [0.2, 0.25) is 0 Å². The third-order valence-corrected chi connectivity index (χ3v) is 2.14. The average molecular weight is 174 g/mol. The second-order valence-electron chi connectivity index (χ2n) is 3.98. The van der Waals surface area contributed by atoms with E-state index in [0.717, 1.165) is 19.3 Å². The van der Waals surface area contributed by atoms with Crippen LogP contribution in [0.25, 0.3) is 0 Å². The molecule has 12 heavy (non-hydrogen) atoms. The molecule has 0 spiro atoms. The van der Waals surface area contributed by atoms with E-state index in [1.165, 1.54) is 0 Å². The Morgan fingerprint density at radius 2 is 1.75 bits per heavy atom. The third kappa shape index (κ3) is 5.56. The fraction of sp³-hybridized carbons (Fsp3) is 1.00. The zero-order chi connectivity index (χ0) is 9.56. The zero-order valence-corrected chi connectivity index (χ0v) is 8.45. The van der Waals surface area contributed by atoms with Crippen molar-refractivity contribution in [2.24, 2.45) is 11.8 Å². The van der Waals surface area contributed by atoms with E-state index in [4.69, 9.17) is 5.11 Å². The van der Waals surface area contributed by atoms with Crippen molar-refractivity contribution in [3.63, 3.8) is 0 Å². The van der Waals surface area contributed by atoms with Crippen molar-refractivity contribution in [2.45, 2.75) is 46.1 Å². The van der Waals surface area contributed by atoms with Crippen LogP contribution in [-0.4, -0.2) is 22.9 Å². The van der Waals surface area contributed by atoms with Crippen molar-refractivity contribution < 1.29 is 10.2 Å². The normalized spacial score (nSPS) is 16.5. The summed E-state index contributed by atoms with van der Waals surface area (Å²) in [5.74, 6) is 0.881. The maximum Gasteiger partial charge on any atom is 0.0541 e. The summed E-state index contributed by atoms with van der Waals surface area (Å²) in [5.41, 5.74) is 0. The molecule has 0 radical (unpaired) electrons. The number of hydrogen-bond donors (Lipinski definition) is 2. The minimum Gasteiger partial charge on any atom is -0.396 e. The topological polar surface area (TPSA) is 40.5 Å². The number of aliphatic hydroxyl groups is 2. The average Bonchev–Trinajstić information content (AvgIpc) is 2.02. The van der Waals surface area contributed by atoms with Crippen LogP contribution in [0.5, 0.6) is 0 Å². The molecule has 2 nitrogen and oxygen atoms in total. The minimum absolute atomic E-state index is 0.204. The minimum atomic E-state index is -0.235. The maximum atomic E-state index is 9.36. The van der Waals surface area contributed by atoms with Crippen molar-refractivity contribution in [1.82, 2.24) is 0 Å². The predicted molar refractivity (Wildman–Crippen MR) is 50.9 cm³/mol. The maximum absolute atomic E-state index is 9.36. The Morgan fingerprint density at radius 1 is 1.17 bits per heavy atom. The molecule has 2 heteroatoms. The first-order valence-electron chi connectivity index (χ1n) is 4.89. The molecule has 0 fully saturated rings. The molecule has 0 bridgehead atoms. The van der Waals surface area contributed by atoms with Crippen molar-refractivity contribution in [3.8, 4) is 0 Å². The van der Waals surface area contributed by atoms with E-state index in [0.29, 0.717) is 5.92 Å². The van der Waals surface area contributed by atoms with Gasteiger partial charge in [0.1, 0.15) is 0 Å². The molecule has 0 amide bonds. The van der Waals surface area contributed by atoms with Crippen LogP contribution in [-0.2, 0) is 0 Å². The van der Waals surface area contributed by atoms with Crippen molar-refractivity contribution in [1.29, 1.82) is 0 Å². The van der Waals surface area contributed by atoms with Crippen LogP contribution >= 0.6 is 0 Å². The molecule has 2 N–H and O–H groups in total. The van der Waals surface area contributed by atoms with Crippen LogP contribution in [0.3, 0.4) is 0 Å². The lowest BCUT2D eigenvalue weighted by Crippen LogP contribution is -2.17. The van der Waals surface area contributed by atoms with E-state index < -0.39 is 0 Å². The Kier molecular flexibility index (Phi) is 6.39. The van der Waals surface area contributed by atoms with E-state index in [1.807, 2.05) is 6.92 Å². The van der Waals surface area contributed by atoms with Gasteiger partial charge in [-0.3, -0.25) is 0 Å². The molecule has 0 heterocycles. The first kappa shape index (κ1) is 11.9. The monoisotopic (exact) mass is 174 g/mol. The van der Waals surface area contributed by atoms with Gasteiger partial charge in [0.05, 0.1) is 6.10 Å². The van der Waals surface area contributed by atoms with Gasteiger partial charge < -0.3 is 10.2 Å². The number of aliphatic hydroxyl groups excluding tert-OH is 2. The highest BCUT2D eigenvalue weighted by Gasteiger charge is 2.13. The first-order valence-corrected chi connectivity index (χ1v) is 4.89. The molecular formula is C10H22O2. The fourth-order valence-corrected chi connectivity index (χ4v) is 1.46. The largest absolute Gasteiger partial charge is 0.396 e. The summed E-state index contributed by atoms with van der Waals surface area (Å²) in [6.45, 7) is 6.45. The van der Waals surface area contributed by atoms with Gasteiger partial charge in [0.2, 0.25) is 0 Å². The summed E-state index contributed by atoms with van der Waals surface area (Å²) >= 11 is 0. The highest BCUT2D eigenvalue weighted by molar-refractivity contribution is 4.64. The van der Waals surface area contributed by atoms with E-state index in [9.17, 15) is 5.11 Å². The van der Waals surface area contributed by atoms with Crippen molar-refractivity contribution >= 4 is 0 Å². The molecule has 0 aliphatic heterocycles. The van der Waals surface area contributed by atoms with Crippen LogP contribution in [0, 0.1) is 11.8 Å². The van der Waals surface area contributed by atoms with E-state index in [-0.39, 0.29) is 18.6 Å². The van der Waals surface area contributed by atoms with Gasteiger partial charge in [-0.15, -0.1) is 0 Å². The lowest BCUT2D eigenvalue weighted by atomic mass is 9.92. The van der Waals surface area contributed by atoms with E-state index in [2.05, 4.69) is 13.8 Å². The van der Waals surface area contributed by atoms with E-state index in [1.54, 1.807) is 0 Å². The molecule has 0 aromatic heterocycles. The van der Waals surface area contributed by atoms with Crippen LogP contribution in [0.15, 0.2) is 0 Å². The Morgan fingerprint density at radius 3 is 2.08 bits per heavy atom. The summed E-state index contributed by atoms with van der Waals surface area (Å²) in [5, 5.41) is 18.4. The van der Waals surface area contributed by atoms with Crippen LogP contribution in [0.1, 0.15) is 40.0 Å². The highest BCUT2D eigenvalue weighted by atomic mass is 16.3. The summed E-state index contributed by atoms with van der Waals surface area (Å²) in [4.78, 5) is 0. The van der Waals surface area contributed by atoms with E-state index >= 15 is 0 Å². The van der Waals surface area contributed by atoms with Gasteiger partial charge in [-0.1, -0.05) is 20.8 Å². The molecule has 0 rings (SSSR count). The smallest absolute Gasteiger partial charge is 0.0541 e. The van der Waals surface area contributed by atoms with Gasteiger partial charge in [-0.25, -0.2) is 0 Å². The first-order chi connectivity index (χ1) is 5.60. The van der Waals surface area contributed by atoms with Gasteiger partial charge in [-0.2, -0.15) is 0 Å².